The molecule has 0 bridgehead atoms. The van der Waals surface area contributed by atoms with E-state index in [1.807, 2.05) is 17.0 Å². The molecule has 0 spiro atoms. The summed E-state index contributed by atoms with van der Waals surface area (Å²) in [5.41, 5.74) is 0.888. The number of anilines is 1. The molecule has 2 fully saturated rings. The van der Waals surface area contributed by atoms with Gasteiger partial charge in [-0.2, -0.15) is 9.37 Å². The highest BCUT2D eigenvalue weighted by Crippen LogP contribution is 2.53. The van der Waals surface area contributed by atoms with Gasteiger partial charge in [-0.1, -0.05) is 6.07 Å². The standard InChI is InChI=1S/C19H20FN5O2/c20-16-9-23-19(24-18(16)27)25-10-14-13(15(14)11-25)5-7-22-17(26)4-3-12-2-1-6-21-8-12/h1-4,6,8-9,13-15H,5,7,10-11H2,(H,22,26)(H,23,24,27)/b4-3+/t13-,14-,15+. The third-order valence-electron chi connectivity index (χ3n) is 5.26. The van der Waals surface area contributed by atoms with Gasteiger partial charge in [0.2, 0.25) is 17.7 Å². The zero-order chi connectivity index (χ0) is 18.8. The third kappa shape index (κ3) is 3.89. The molecule has 140 valence electrons. The first-order valence-electron chi connectivity index (χ1n) is 8.94. The molecule has 7 nitrogen and oxygen atoms in total. The molecule has 1 saturated carbocycles. The van der Waals surface area contributed by atoms with E-state index in [0.717, 1.165) is 31.3 Å². The average Bonchev–Trinajstić information content (AvgIpc) is 3.12. The van der Waals surface area contributed by atoms with E-state index in [9.17, 15) is 14.3 Å². The van der Waals surface area contributed by atoms with Crippen molar-refractivity contribution in [3.63, 3.8) is 0 Å². The average molecular weight is 369 g/mol. The lowest BCUT2D eigenvalue weighted by atomic mass is 10.2. The predicted molar refractivity (Wildman–Crippen MR) is 97.2 cm³/mol. The van der Waals surface area contributed by atoms with Crippen LogP contribution in [0.2, 0.25) is 0 Å². The summed E-state index contributed by atoms with van der Waals surface area (Å²) in [5.74, 6) is 0.508. The van der Waals surface area contributed by atoms with Crippen molar-refractivity contribution < 1.29 is 14.3 Å². The molecule has 2 aliphatic rings. The Morgan fingerprint density at radius 3 is 2.89 bits per heavy atom. The first kappa shape index (κ1) is 17.4. The van der Waals surface area contributed by atoms with Gasteiger partial charge in [0.15, 0.2) is 0 Å². The summed E-state index contributed by atoms with van der Waals surface area (Å²) < 4.78 is 13.1. The van der Waals surface area contributed by atoms with Crippen LogP contribution < -0.4 is 10.2 Å². The number of carbonyl (C=O) groups is 1. The van der Waals surface area contributed by atoms with Gasteiger partial charge in [0.05, 0.1) is 6.20 Å². The van der Waals surface area contributed by atoms with Crippen LogP contribution in [0.15, 0.2) is 36.8 Å². The molecule has 0 aromatic carbocycles. The number of aromatic nitrogens is 3. The van der Waals surface area contributed by atoms with Crippen molar-refractivity contribution in [2.75, 3.05) is 24.5 Å². The Morgan fingerprint density at radius 2 is 2.19 bits per heavy atom. The number of rotatable bonds is 6. The minimum absolute atomic E-state index is 0.110. The number of amides is 1. The molecule has 1 aliphatic heterocycles. The lowest BCUT2D eigenvalue weighted by Gasteiger charge is -2.19. The van der Waals surface area contributed by atoms with E-state index in [0.29, 0.717) is 30.2 Å². The van der Waals surface area contributed by atoms with Gasteiger partial charge >= 0.3 is 0 Å². The van der Waals surface area contributed by atoms with Gasteiger partial charge in [-0.3, -0.25) is 9.78 Å². The van der Waals surface area contributed by atoms with Crippen LogP contribution in [0.1, 0.15) is 12.0 Å². The topological polar surface area (TPSA) is 91.2 Å². The van der Waals surface area contributed by atoms with Crippen molar-refractivity contribution in [1.29, 1.82) is 0 Å². The molecular formula is C19H20FN5O2. The van der Waals surface area contributed by atoms with Gasteiger partial charge in [-0.15, -0.1) is 0 Å². The summed E-state index contributed by atoms with van der Waals surface area (Å²) in [7, 11) is 0. The zero-order valence-corrected chi connectivity index (χ0v) is 14.6. The van der Waals surface area contributed by atoms with E-state index in [1.165, 1.54) is 6.08 Å². The van der Waals surface area contributed by atoms with Gasteiger partial charge in [0, 0.05) is 38.1 Å². The van der Waals surface area contributed by atoms with E-state index in [1.54, 1.807) is 18.5 Å². The van der Waals surface area contributed by atoms with Crippen molar-refractivity contribution >= 4 is 17.9 Å². The fourth-order valence-corrected chi connectivity index (χ4v) is 3.81. The number of piperidine rings is 1. The van der Waals surface area contributed by atoms with E-state index in [2.05, 4.69) is 20.3 Å². The molecule has 1 aliphatic carbocycles. The molecule has 4 rings (SSSR count). The second kappa shape index (κ2) is 7.30. The summed E-state index contributed by atoms with van der Waals surface area (Å²) in [5, 5.41) is 12.3. The Balaban J connectivity index is 1.19. The Morgan fingerprint density at radius 1 is 1.37 bits per heavy atom. The minimum atomic E-state index is -0.811. The second-order valence-corrected chi connectivity index (χ2v) is 6.94. The normalized spacial score (nSPS) is 23.4. The van der Waals surface area contributed by atoms with Gasteiger partial charge < -0.3 is 15.3 Å². The number of halogens is 1. The fourth-order valence-electron chi connectivity index (χ4n) is 3.81. The van der Waals surface area contributed by atoms with Crippen molar-refractivity contribution in [2.45, 2.75) is 6.42 Å². The Labute approximate surface area is 156 Å². The molecule has 27 heavy (non-hydrogen) atoms. The van der Waals surface area contributed by atoms with E-state index in [-0.39, 0.29) is 5.91 Å². The first-order valence-corrected chi connectivity index (χ1v) is 8.94. The molecular weight excluding hydrogens is 349 g/mol. The number of pyridine rings is 1. The first-order chi connectivity index (χ1) is 13.1. The summed E-state index contributed by atoms with van der Waals surface area (Å²) in [6, 6.07) is 3.71. The van der Waals surface area contributed by atoms with Crippen LogP contribution in [-0.4, -0.2) is 45.6 Å². The number of fused-ring (bicyclic) bond motifs is 1. The number of nitrogens with one attached hydrogen (secondary N) is 1. The predicted octanol–water partition coefficient (Wildman–Crippen LogP) is 1.62. The van der Waals surface area contributed by atoms with Gasteiger partial charge in [0.25, 0.3) is 5.88 Å². The summed E-state index contributed by atoms with van der Waals surface area (Å²) in [6.45, 7) is 2.24. The minimum Gasteiger partial charge on any atom is -0.491 e. The highest BCUT2D eigenvalue weighted by atomic mass is 19.1. The number of hydrogen-bond acceptors (Lipinski definition) is 6. The van der Waals surface area contributed by atoms with Gasteiger partial charge in [-0.25, -0.2) is 4.98 Å². The SMILES string of the molecule is O=C(/C=C/c1cccnc1)NCC[C@@H]1[C@H]2CN(c3ncc(F)c(O)n3)C[C@@H]12. The fraction of sp³-hybridized carbons (Fsp3) is 0.368. The molecule has 3 heterocycles. The maximum absolute atomic E-state index is 13.1. The molecule has 2 N–H and O–H groups in total. The lowest BCUT2D eigenvalue weighted by molar-refractivity contribution is -0.116. The monoisotopic (exact) mass is 369 g/mol. The highest BCUT2D eigenvalue weighted by Gasteiger charge is 2.55. The van der Waals surface area contributed by atoms with Crippen LogP contribution in [0, 0.1) is 23.6 Å². The van der Waals surface area contributed by atoms with Crippen LogP contribution in [0.3, 0.4) is 0 Å². The molecule has 1 amide bonds. The highest BCUT2D eigenvalue weighted by molar-refractivity contribution is 5.91. The Kier molecular flexibility index (Phi) is 4.70. The number of carbonyl (C=O) groups excluding carboxylic acids is 1. The molecule has 0 unspecified atom stereocenters. The van der Waals surface area contributed by atoms with Crippen LogP contribution in [0.5, 0.6) is 5.88 Å². The Bertz CT molecular complexity index is 848. The zero-order valence-electron chi connectivity index (χ0n) is 14.6. The molecule has 2 aromatic rings. The summed E-state index contributed by atoms with van der Waals surface area (Å²) in [6.07, 6.45) is 8.58. The van der Waals surface area contributed by atoms with Crippen molar-refractivity contribution in [3.8, 4) is 5.88 Å². The van der Waals surface area contributed by atoms with E-state index in [4.69, 9.17) is 0 Å². The smallest absolute Gasteiger partial charge is 0.252 e. The molecule has 3 atom stereocenters. The van der Waals surface area contributed by atoms with E-state index >= 15 is 0 Å². The second-order valence-electron chi connectivity index (χ2n) is 6.94. The number of hydrogen-bond donors (Lipinski definition) is 2. The van der Waals surface area contributed by atoms with Gasteiger partial charge in [-0.05, 0) is 41.9 Å². The third-order valence-corrected chi connectivity index (χ3v) is 5.26. The van der Waals surface area contributed by atoms with Gasteiger partial charge in [0.1, 0.15) is 0 Å². The number of nitrogens with zero attached hydrogens (tertiary/aromatic N) is 4. The quantitative estimate of drug-likeness (QED) is 0.752. The molecule has 8 heteroatoms. The maximum Gasteiger partial charge on any atom is 0.252 e. The summed E-state index contributed by atoms with van der Waals surface area (Å²) >= 11 is 0. The van der Waals surface area contributed by atoms with E-state index < -0.39 is 11.7 Å². The summed E-state index contributed by atoms with van der Waals surface area (Å²) in [4.78, 5) is 25.6. The van der Waals surface area contributed by atoms with Crippen LogP contribution in [-0.2, 0) is 4.79 Å². The lowest BCUT2D eigenvalue weighted by Crippen LogP contribution is -2.27. The van der Waals surface area contributed by atoms with Crippen LogP contribution in [0.25, 0.3) is 6.08 Å². The molecule has 0 radical (unpaired) electrons. The van der Waals surface area contributed by atoms with Crippen LogP contribution in [0.4, 0.5) is 10.3 Å². The maximum atomic E-state index is 13.1. The number of aromatic hydroxyl groups is 1. The van der Waals surface area contributed by atoms with Crippen LogP contribution >= 0.6 is 0 Å². The Hall–Kier alpha value is -3.03. The van der Waals surface area contributed by atoms with Crippen molar-refractivity contribution in [3.05, 3.63) is 48.2 Å². The largest absolute Gasteiger partial charge is 0.491 e. The van der Waals surface area contributed by atoms with Crippen molar-refractivity contribution in [2.24, 2.45) is 17.8 Å². The molecule has 1 saturated heterocycles. The molecule has 2 aromatic heterocycles. The van der Waals surface area contributed by atoms with Crippen molar-refractivity contribution in [1.82, 2.24) is 20.3 Å².